The number of aryl methyl sites for hydroxylation is 1. The molecule has 2 N–H and O–H groups in total. The Morgan fingerprint density at radius 3 is 3.07 bits per heavy atom. The van der Waals surface area contributed by atoms with Crippen LogP contribution < -0.4 is 10.5 Å². The summed E-state index contributed by atoms with van der Waals surface area (Å²) < 4.78 is 5.67. The molecular formula is C13H19NO. The van der Waals surface area contributed by atoms with Crippen molar-refractivity contribution in [3.63, 3.8) is 0 Å². The van der Waals surface area contributed by atoms with Gasteiger partial charge in [-0.1, -0.05) is 12.1 Å². The predicted octanol–water partition coefficient (Wildman–Crippen LogP) is 2.29. The zero-order valence-corrected chi connectivity index (χ0v) is 9.33. The average Bonchev–Trinajstić information content (AvgIpc) is 2.57. The van der Waals surface area contributed by atoms with E-state index in [0.717, 1.165) is 31.6 Å². The molecule has 1 atom stereocenters. The third kappa shape index (κ3) is 2.51. The number of benzene rings is 1. The summed E-state index contributed by atoms with van der Waals surface area (Å²) in [6.07, 6.45) is 4.84. The van der Waals surface area contributed by atoms with E-state index < -0.39 is 0 Å². The van der Waals surface area contributed by atoms with Gasteiger partial charge in [-0.3, -0.25) is 0 Å². The van der Waals surface area contributed by atoms with Crippen molar-refractivity contribution in [2.45, 2.75) is 38.7 Å². The fraction of sp³-hybridized carbons (Fsp3) is 0.538. The first-order valence-electron chi connectivity index (χ1n) is 5.78. The second-order valence-corrected chi connectivity index (χ2v) is 4.32. The van der Waals surface area contributed by atoms with Crippen molar-refractivity contribution in [3.8, 4) is 5.75 Å². The second-order valence-electron chi connectivity index (χ2n) is 4.32. The smallest absolute Gasteiger partial charge is 0.123 e. The zero-order chi connectivity index (χ0) is 10.7. The van der Waals surface area contributed by atoms with E-state index in [-0.39, 0.29) is 0 Å². The van der Waals surface area contributed by atoms with Crippen LogP contribution in [-0.2, 0) is 12.8 Å². The first-order valence-corrected chi connectivity index (χ1v) is 5.78. The van der Waals surface area contributed by atoms with Gasteiger partial charge in [0.1, 0.15) is 11.9 Å². The molecule has 2 heteroatoms. The van der Waals surface area contributed by atoms with E-state index in [9.17, 15) is 0 Å². The van der Waals surface area contributed by atoms with Gasteiger partial charge in [-0.2, -0.15) is 0 Å². The zero-order valence-electron chi connectivity index (χ0n) is 9.33. The van der Waals surface area contributed by atoms with Gasteiger partial charge in [-0.25, -0.2) is 0 Å². The molecule has 0 amide bonds. The molecule has 0 bridgehead atoms. The number of rotatable bonds is 4. The molecule has 2 rings (SSSR count). The van der Waals surface area contributed by atoms with Crippen molar-refractivity contribution in [3.05, 3.63) is 29.3 Å². The quantitative estimate of drug-likeness (QED) is 0.765. The summed E-state index contributed by atoms with van der Waals surface area (Å²) in [5, 5.41) is 0. The van der Waals surface area contributed by atoms with Gasteiger partial charge in [-0.15, -0.1) is 0 Å². The van der Waals surface area contributed by atoms with Gasteiger partial charge in [0.2, 0.25) is 0 Å². The number of ether oxygens (including phenoxy) is 1. The van der Waals surface area contributed by atoms with E-state index in [4.69, 9.17) is 10.5 Å². The Balaban J connectivity index is 2.00. The maximum absolute atomic E-state index is 5.67. The van der Waals surface area contributed by atoms with E-state index >= 15 is 0 Å². The molecule has 0 saturated heterocycles. The molecule has 0 aromatic heterocycles. The first-order chi connectivity index (χ1) is 7.29. The number of fused-ring (bicyclic) bond motifs is 1. The van der Waals surface area contributed by atoms with Gasteiger partial charge in [-0.05, 0) is 49.9 Å². The monoisotopic (exact) mass is 205 g/mol. The van der Waals surface area contributed by atoms with E-state index in [1.807, 2.05) is 0 Å². The maximum atomic E-state index is 5.67. The number of hydrogen-bond donors (Lipinski definition) is 1. The third-order valence-electron chi connectivity index (χ3n) is 2.88. The predicted molar refractivity (Wildman–Crippen MR) is 62.2 cm³/mol. The third-order valence-corrected chi connectivity index (χ3v) is 2.88. The number of hydrogen-bond acceptors (Lipinski definition) is 2. The van der Waals surface area contributed by atoms with Gasteiger partial charge in [0.25, 0.3) is 0 Å². The molecule has 15 heavy (non-hydrogen) atoms. The Labute approximate surface area is 91.4 Å². The molecule has 1 aliphatic heterocycles. The molecule has 0 radical (unpaired) electrons. The van der Waals surface area contributed by atoms with E-state index in [1.54, 1.807) is 0 Å². The minimum atomic E-state index is 0.347. The number of nitrogens with two attached hydrogens (primary N) is 1. The Hall–Kier alpha value is -1.02. The van der Waals surface area contributed by atoms with Crippen LogP contribution in [0, 0.1) is 0 Å². The highest BCUT2D eigenvalue weighted by atomic mass is 16.5. The molecular weight excluding hydrogens is 186 g/mol. The molecule has 82 valence electrons. The summed E-state index contributed by atoms with van der Waals surface area (Å²) in [7, 11) is 0. The lowest BCUT2D eigenvalue weighted by atomic mass is 10.0. The molecule has 0 fully saturated rings. The van der Waals surface area contributed by atoms with Crippen LogP contribution in [0.2, 0.25) is 0 Å². The van der Waals surface area contributed by atoms with Gasteiger partial charge in [0.15, 0.2) is 0 Å². The van der Waals surface area contributed by atoms with E-state index in [0.29, 0.717) is 6.10 Å². The molecule has 1 aromatic rings. The van der Waals surface area contributed by atoms with Gasteiger partial charge in [0.05, 0.1) is 0 Å². The number of unbranched alkanes of at least 4 members (excludes halogenated alkanes) is 1. The van der Waals surface area contributed by atoms with Crippen LogP contribution in [0.25, 0.3) is 0 Å². The van der Waals surface area contributed by atoms with Crippen LogP contribution in [-0.4, -0.2) is 12.6 Å². The van der Waals surface area contributed by atoms with Crippen LogP contribution in [0.4, 0.5) is 0 Å². The normalized spacial score (nSPS) is 18.7. The van der Waals surface area contributed by atoms with E-state index in [2.05, 4.69) is 25.1 Å². The lowest BCUT2D eigenvalue weighted by Crippen LogP contribution is -2.05. The van der Waals surface area contributed by atoms with Crippen LogP contribution >= 0.6 is 0 Å². The van der Waals surface area contributed by atoms with Gasteiger partial charge in [0, 0.05) is 6.42 Å². The highest BCUT2D eigenvalue weighted by Gasteiger charge is 2.18. The molecule has 1 aliphatic rings. The van der Waals surface area contributed by atoms with Crippen molar-refractivity contribution in [1.29, 1.82) is 0 Å². The topological polar surface area (TPSA) is 35.2 Å². The summed E-state index contributed by atoms with van der Waals surface area (Å²) in [5.74, 6) is 1.07. The Morgan fingerprint density at radius 1 is 1.40 bits per heavy atom. The largest absolute Gasteiger partial charge is 0.490 e. The van der Waals surface area contributed by atoms with Gasteiger partial charge < -0.3 is 10.5 Å². The van der Waals surface area contributed by atoms with Crippen molar-refractivity contribution < 1.29 is 4.74 Å². The lowest BCUT2D eigenvalue weighted by Gasteiger charge is -2.04. The average molecular weight is 205 g/mol. The van der Waals surface area contributed by atoms with Crippen LogP contribution in [0.15, 0.2) is 18.2 Å². The highest BCUT2D eigenvalue weighted by Crippen LogP contribution is 2.29. The summed E-state index contributed by atoms with van der Waals surface area (Å²) in [6, 6.07) is 6.57. The SMILES string of the molecule is CC1Cc2cc(CCCCN)ccc2O1. The Bertz CT molecular complexity index is 335. The summed E-state index contributed by atoms with van der Waals surface area (Å²) in [5.41, 5.74) is 8.27. The molecule has 0 saturated carbocycles. The molecule has 1 unspecified atom stereocenters. The summed E-state index contributed by atoms with van der Waals surface area (Å²) in [4.78, 5) is 0. The highest BCUT2D eigenvalue weighted by molar-refractivity contribution is 5.40. The fourth-order valence-corrected chi connectivity index (χ4v) is 2.10. The fourth-order valence-electron chi connectivity index (χ4n) is 2.10. The minimum Gasteiger partial charge on any atom is -0.490 e. The van der Waals surface area contributed by atoms with Crippen molar-refractivity contribution in [2.75, 3.05) is 6.54 Å². The summed E-state index contributed by atoms with van der Waals surface area (Å²) in [6.45, 7) is 2.92. The second kappa shape index (κ2) is 4.67. The van der Waals surface area contributed by atoms with Crippen LogP contribution in [0.1, 0.15) is 30.9 Å². The minimum absolute atomic E-state index is 0.347. The Morgan fingerprint density at radius 2 is 2.27 bits per heavy atom. The molecule has 2 nitrogen and oxygen atoms in total. The van der Waals surface area contributed by atoms with Gasteiger partial charge >= 0.3 is 0 Å². The molecule has 1 heterocycles. The molecule has 0 aliphatic carbocycles. The lowest BCUT2D eigenvalue weighted by molar-refractivity contribution is 0.254. The van der Waals surface area contributed by atoms with E-state index in [1.165, 1.54) is 17.5 Å². The Kier molecular flexibility index (Phi) is 3.27. The summed E-state index contributed by atoms with van der Waals surface area (Å²) >= 11 is 0. The van der Waals surface area contributed by atoms with Crippen molar-refractivity contribution in [1.82, 2.24) is 0 Å². The first kappa shape index (κ1) is 10.5. The molecule has 1 aromatic carbocycles. The van der Waals surface area contributed by atoms with Crippen molar-refractivity contribution >= 4 is 0 Å². The molecule has 0 spiro atoms. The van der Waals surface area contributed by atoms with Crippen molar-refractivity contribution in [2.24, 2.45) is 5.73 Å². The van der Waals surface area contributed by atoms with Crippen LogP contribution in [0.3, 0.4) is 0 Å². The standard InChI is InChI=1S/C13H19NO/c1-10-8-12-9-11(4-2-3-7-14)5-6-13(12)15-10/h5-6,9-10H,2-4,7-8,14H2,1H3. The van der Waals surface area contributed by atoms with Crippen LogP contribution in [0.5, 0.6) is 5.75 Å². The maximum Gasteiger partial charge on any atom is 0.123 e.